The van der Waals surface area contributed by atoms with Crippen molar-refractivity contribution in [2.24, 2.45) is 0 Å². The quantitative estimate of drug-likeness (QED) is 0.838. The van der Waals surface area contributed by atoms with E-state index in [0.29, 0.717) is 12.8 Å². The van der Waals surface area contributed by atoms with Gasteiger partial charge in [0.25, 0.3) is 5.91 Å². The predicted molar refractivity (Wildman–Crippen MR) is 90.9 cm³/mol. The molecule has 0 bridgehead atoms. The summed E-state index contributed by atoms with van der Waals surface area (Å²) in [5.74, 6) is -1.23. The number of nitriles is 1. The zero-order valence-corrected chi connectivity index (χ0v) is 14.5. The molecule has 0 radical (unpaired) electrons. The van der Waals surface area contributed by atoms with Gasteiger partial charge in [0.2, 0.25) is 0 Å². The summed E-state index contributed by atoms with van der Waals surface area (Å²) in [6.07, 6.45) is 8.70. The van der Waals surface area contributed by atoms with Crippen LogP contribution >= 0.6 is 0 Å². The van der Waals surface area contributed by atoms with Crippen LogP contribution in [0.3, 0.4) is 0 Å². The second-order valence-corrected chi connectivity index (χ2v) is 5.47. The molecule has 0 spiro atoms. The van der Waals surface area contributed by atoms with E-state index in [4.69, 9.17) is 11.2 Å². The van der Waals surface area contributed by atoms with Crippen LogP contribution in [0.2, 0.25) is 0 Å². The summed E-state index contributed by atoms with van der Waals surface area (Å²) in [5.41, 5.74) is -1.17. The molecule has 1 aliphatic carbocycles. The fourth-order valence-electron chi connectivity index (χ4n) is 2.65. The van der Waals surface area contributed by atoms with Crippen molar-refractivity contribution in [3.63, 3.8) is 0 Å². The van der Waals surface area contributed by atoms with Gasteiger partial charge in [-0.25, -0.2) is 8.78 Å². The van der Waals surface area contributed by atoms with Crippen molar-refractivity contribution >= 4 is 5.91 Å². The number of carbonyl (C=O) groups is 1. The van der Waals surface area contributed by atoms with E-state index in [0.717, 1.165) is 31.4 Å². The van der Waals surface area contributed by atoms with E-state index < -0.39 is 28.8 Å². The van der Waals surface area contributed by atoms with E-state index in [1.165, 1.54) is 0 Å². The summed E-state index contributed by atoms with van der Waals surface area (Å²) in [4.78, 5) is 12.2. The first kappa shape index (κ1) is 20.4. The Bertz CT molecular complexity index is 661. The highest BCUT2D eigenvalue weighted by Gasteiger charge is 2.34. The summed E-state index contributed by atoms with van der Waals surface area (Å²) >= 11 is 0. The SMILES string of the molecule is C#CCOc1c(F)cc(C(=O)NC2(C#N)CCCCC2)cc1F.CC. The Morgan fingerprint density at radius 3 is 2.32 bits per heavy atom. The molecule has 6 heteroatoms. The highest BCUT2D eigenvalue weighted by molar-refractivity contribution is 5.95. The van der Waals surface area contributed by atoms with Crippen LogP contribution in [0, 0.1) is 35.3 Å². The third-order valence-electron chi connectivity index (χ3n) is 3.83. The van der Waals surface area contributed by atoms with Crippen LogP contribution in [0.4, 0.5) is 8.78 Å². The molecular weight excluding hydrogens is 326 g/mol. The molecule has 25 heavy (non-hydrogen) atoms. The highest BCUT2D eigenvalue weighted by Crippen LogP contribution is 2.29. The Balaban J connectivity index is 0.00000151. The molecular formula is C19H22F2N2O2. The summed E-state index contributed by atoms with van der Waals surface area (Å²) in [6.45, 7) is 3.72. The maximum Gasteiger partial charge on any atom is 0.252 e. The molecule has 1 fully saturated rings. The summed E-state index contributed by atoms with van der Waals surface area (Å²) in [5, 5.41) is 11.9. The van der Waals surface area contributed by atoms with Gasteiger partial charge in [-0.15, -0.1) is 6.42 Å². The molecule has 1 saturated carbocycles. The lowest BCUT2D eigenvalue weighted by molar-refractivity contribution is 0.0901. The maximum atomic E-state index is 13.9. The first-order valence-corrected chi connectivity index (χ1v) is 8.30. The predicted octanol–water partition coefficient (Wildman–Crippen LogP) is 3.96. The molecule has 0 atom stereocenters. The van der Waals surface area contributed by atoms with E-state index in [2.05, 4.69) is 17.3 Å². The summed E-state index contributed by atoms with van der Waals surface area (Å²) in [7, 11) is 0. The third kappa shape index (κ3) is 5.19. The Hall–Kier alpha value is -2.60. The van der Waals surface area contributed by atoms with Gasteiger partial charge < -0.3 is 10.1 Å². The molecule has 0 unspecified atom stereocenters. The van der Waals surface area contributed by atoms with Crippen LogP contribution in [-0.4, -0.2) is 18.1 Å². The van der Waals surface area contributed by atoms with Gasteiger partial charge in [0.15, 0.2) is 17.4 Å². The molecule has 1 aromatic carbocycles. The van der Waals surface area contributed by atoms with Gasteiger partial charge in [0.1, 0.15) is 12.1 Å². The second-order valence-electron chi connectivity index (χ2n) is 5.47. The standard InChI is InChI=1S/C17H16F2N2O2.C2H6/c1-2-8-23-15-13(18)9-12(10-14(15)19)16(22)21-17(11-20)6-4-3-5-7-17;1-2/h1,9-10H,3-8H2,(H,21,22);1-2H3. The first-order chi connectivity index (χ1) is 12.0. The van der Waals surface area contributed by atoms with Crippen molar-refractivity contribution in [1.82, 2.24) is 5.32 Å². The molecule has 2 rings (SSSR count). The summed E-state index contributed by atoms with van der Waals surface area (Å²) in [6, 6.07) is 3.87. The van der Waals surface area contributed by atoms with Gasteiger partial charge in [-0.3, -0.25) is 4.79 Å². The normalized spacial score (nSPS) is 15.0. The lowest BCUT2D eigenvalue weighted by atomic mass is 9.82. The number of terminal acetylenes is 1. The number of nitrogens with one attached hydrogen (secondary N) is 1. The van der Waals surface area contributed by atoms with Gasteiger partial charge in [-0.05, 0) is 25.0 Å². The lowest BCUT2D eigenvalue weighted by Crippen LogP contribution is -2.48. The zero-order valence-electron chi connectivity index (χ0n) is 14.5. The smallest absolute Gasteiger partial charge is 0.252 e. The van der Waals surface area contributed by atoms with Crippen molar-refractivity contribution in [1.29, 1.82) is 5.26 Å². The van der Waals surface area contributed by atoms with Gasteiger partial charge in [-0.2, -0.15) is 5.26 Å². The second kappa shape index (κ2) is 9.64. The number of carbonyl (C=O) groups excluding carboxylic acids is 1. The molecule has 0 heterocycles. The number of hydrogen-bond acceptors (Lipinski definition) is 3. The van der Waals surface area contributed by atoms with Crippen LogP contribution in [-0.2, 0) is 0 Å². The van der Waals surface area contributed by atoms with Gasteiger partial charge >= 0.3 is 0 Å². The minimum absolute atomic E-state index is 0.201. The molecule has 1 amide bonds. The number of hydrogen-bond donors (Lipinski definition) is 1. The minimum atomic E-state index is -1.01. The zero-order chi connectivity index (χ0) is 18.9. The van der Waals surface area contributed by atoms with Crippen LogP contribution in [0.25, 0.3) is 0 Å². The molecule has 4 nitrogen and oxygen atoms in total. The van der Waals surface area contributed by atoms with Crippen LogP contribution in [0.5, 0.6) is 5.75 Å². The van der Waals surface area contributed by atoms with Crippen molar-refractivity contribution in [2.45, 2.75) is 51.5 Å². The molecule has 0 saturated heterocycles. The molecule has 0 aliphatic heterocycles. The monoisotopic (exact) mass is 348 g/mol. The summed E-state index contributed by atoms with van der Waals surface area (Å²) < 4.78 is 32.5. The fraction of sp³-hybridized carbons (Fsp3) is 0.474. The fourth-order valence-corrected chi connectivity index (χ4v) is 2.65. The molecule has 0 aromatic heterocycles. The average Bonchev–Trinajstić information content (AvgIpc) is 2.63. The number of nitrogens with zero attached hydrogens (tertiary/aromatic N) is 1. The number of ether oxygens (including phenoxy) is 1. The van der Waals surface area contributed by atoms with Crippen molar-refractivity contribution < 1.29 is 18.3 Å². The minimum Gasteiger partial charge on any atom is -0.475 e. The van der Waals surface area contributed by atoms with Gasteiger partial charge in [0, 0.05) is 5.56 Å². The number of benzene rings is 1. The lowest BCUT2D eigenvalue weighted by Gasteiger charge is -2.31. The van der Waals surface area contributed by atoms with E-state index >= 15 is 0 Å². The Kier molecular flexibility index (Phi) is 7.88. The average molecular weight is 348 g/mol. The highest BCUT2D eigenvalue weighted by atomic mass is 19.1. The Labute approximate surface area is 147 Å². The first-order valence-electron chi connectivity index (χ1n) is 8.30. The number of rotatable bonds is 4. The van der Waals surface area contributed by atoms with Gasteiger partial charge in [-0.1, -0.05) is 39.0 Å². The van der Waals surface area contributed by atoms with Crippen molar-refractivity contribution in [2.75, 3.05) is 6.61 Å². The number of halogens is 2. The van der Waals surface area contributed by atoms with Crippen LogP contribution in [0.1, 0.15) is 56.3 Å². The number of amides is 1. The van der Waals surface area contributed by atoms with E-state index in [1.807, 2.05) is 13.8 Å². The van der Waals surface area contributed by atoms with E-state index in [9.17, 15) is 18.8 Å². The van der Waals surface area contributed by atoms with E-state index in [-0.39, 0.29) is 12.2 Å². The molecule has 134 valence electrons. The maximum absolute atomic E-state index is 13.9. The largest absolute Gasteiger partial charge is 0.475 e. The van der Waals surface area contributed by atoms with Gasteiger partial charge in [0.05, 0.1) is 6.07 Å². The van der Waals surface area contributed by atoms with Crippen LogP contribution in [0.15, 0.2) is 12.1 Å². The van der Waals surface area contributed by atoms with E-state index in [1.54, 1.807) is 0 Å². The molecule has 1 aliphatic rings. The van der Waals surface area contributed by atoms with Crippen molar-refractivity contribution in [3.05, 3.63) is 29.3 Å². The topological polar surface area (TPSA) is 62.1 Å². The Morgan fingerprint density at radius 2 is 1.84 bits per heavy atom. The molecule has 1 N–H and O–H groups in total. The third-order valence-corrected chi connectivity index (χ3v) is 3.83. The van der Waals surface area contributed by atoms with Crippen LogP contribution < -0.4 is 10.1 Å². The molecule has 1 aromatic rings. The van der Waals surface area contributed by atoms with Crippen molar-refractivity contribution in [3.8, 4) is 24.2 Å². The Morgan fingerprint density at radius 1 is 1.28 bits per heavy atom.